The highest BCUT2D eigenvalue weighted by Gasteiger charge is 2.31. The number of hydrogen-bond acceptors (Lipinski definition) is 7. The lowest BCUT2D eigenvalue weighted by molar-refractivity contribution is -0.139. The summed E-state index contributed by atoms with van der Waals surface area (Å²) in [6, 6.07) is 0. The van der Waals surface area contributed by atoms with Crippen molar-refractivity contribution in [2.75, 3.05) is 0 Å². The number of aliphatic hydroxyl groups excluding tert-OH is 4. The minimum atomic E-state index is -0.827. The fourth-order valence-corrected chi connectivity index (χ4v) is 6.46. The molecule has 0 aliphatic carbocycles. The van der Waals surface area contributed by atoms with E-state index in [1.807, 2.05) is 6.92 Å². The van der Waals surface area contributed by atoms with Crippen molar-refractivity contribution in [2.24, 2.45) is 0 Å². The monoisotopic (exact) mass is 622 g/mol. The summed E-state index contributed by atoms with van der Waals surface area (Å²) in [5, 5.41) is 41.6. The summed E-state index contributed by atoms with van der Waals surface area (Å²) in [6.07, 6.45) is 26.3. The van der Waals surface area contributed by atoms with Crippen LogP contribution in [0.1, 0.15) is 162 Å². The van der Waals surface area contributed by atoms with Gasteiger partial charge in [0, 0.05) is 12.0 Å². The Balaban J connectivity index is 1.43. The van der Waals surface area contributed by atoms with Gasteiger partial charge in [0.1, 0.15) is 6.10 Å². The first-order chi connectivity index (χ1) is 21.3. The molecule has 0 aromatic heterocycles. The van der Waals surface area contributed by atoms with Gasteiger partial charge in [0.05, 0.1) is 36.6 Å². The Bertz CT molecular complexity index is 797. The van der Waals surface area contributed by atoms with Crippen molar-refractivity contribution in [3.8, 4) is 0 Å². The van der Waals surface area contributed by atoms with Gasteiger partial charge in [-0.25, -0.2) is 4.79 Å². The topological polar surface area (TPSA) is 116 Å². The van der Waals surface area contributed by atoms with Crippen LogP contribution in [0, 0.1) is 0 Å². The Labute approximate surface area is 268 Å². The number of aliphatic hydroxyl groups is 4. The van der Waals surface area contributed by atoms with Crippen LogP contribution in [0.3, 0.4) is 0 Å². The summed E-state index contributed by atoms with van der Waals surface area (Å²) in [7, 11) is 0. The Morgan fingerprint density at radius 2 is 1.41 bits per heavy atom. The Kier molecular flexibility index (Phi) is 21.2. The van der Waals surface area contributed by atoms with Crippen LogP contribution >= 0.6 is 0 Å². The molecule has 2 rings (SSSR count). The van der Waals surface area contributed by atoms with Crippen molar-refractivity contribution >= 4 is 5.97 Å². The molecule has 0 bridgehead atoms. The molecular formula is C37H66O7. The highest BCUT2D eigenvalue weighted by molar-refractivity contribution is 5.90. The molecular weight excluding hydrogens is 556 g/mol. The van der Waals surface area contributed by atoms with Gasteiger partial charge in [-0.15, -0.1) is 0 Å². The molecule has 1 fully saturated rings. The van der Waals surface area contributed by atoms with Gasteiger partial charge in [-0.2, -0.15) is 0 Å². The molecule has 0 radical (unpaired) electrons. The van der Waals surface area contributed by atoms with E-state index in [2.05, 4.69) is 19.1 Å². The zero-order valence-corrected chi connectivity index (χ0v) is 28.1. The molecule has 44 heavy (non-hydrogen) atoms. The number of hydrogen-bond donors (Lipinski definition) is 4. The average molecular weight is 623 g/mol. The van der Waals surface area contributed by atoms with Gasteiger partial charge < -0.3 is 29.9 Å². The zero-order chi connectivity index (χ0) is 32.0. The SMILES string of the molecule is CCCCCCCCCCCC/C=C\CC[C@H](O)[C@H](O)CC[C@H](O)[C@H]1CC[C@@H](CCCCC[C@H](O)CC2=C[C@@H](C)OC2=O)O1. The summed E-state index contributed by atoms with van der Waals surface area (Å²) in [4.78, 5) is 11.7. The van der Waals surface area contributed by atoms with E-state index in [0.717, 1.165) is 51.4 Å². The van der Waals surface area contributed by atoms with Crippen molar-refractivity contribution in [1.82, 2.24) is 0 Å². The molecule has 256 valence electrons. The summed E-state index contributed by atoms with van der Waals surface area (Å²) >= 11 is 0. The van der Waals surface area contributed by atoms with Gasteiger partial charge in [-0.05, 0) is 77.2 Å². The first kappa shape index (κ1) is 38.9. The van der Waals surface area contributed by atoms with Crippen molar-refractivity contribution < 1.29 is 34.7 Å². The minimum Gasteiger partial charge on any atom is -0.455 e. The first-order valence-corrected chi connectivity index (χ1v) is 18.2. The van der Waals surface area contributed by atoms with Crippen molar-refractivity contribution in [1.29, 1.82) is 0 Å². The van der Waals surface area contributed by atoms with Crippen LogP contribution in [0.5, 0.6) is 0 Å². The molecule has 7 heteroatoms. The summed E-state index contributed by atoms with van der Waals surface area (Å²) in [6.45, 7) is 4.08. The zero-order valence-electron chi connectivity index (χ0n) is 28.1. The number of cyclic esters (lactones) is 1. The van der Waals surface area contributed by atoms with E-state index in [0.29, 0.717) is 37.7 Å². The number of ether oxygens (including phenoxy) is 2. The van der Waals surface area contributed by atoms with Gasteiger partial charge in [-0.1, -0.05) is 96.1 Å². The van der Waals surface area contributed by atoms with Crippen LogP contribution in [0.2, 0.25) is 0 Å². The van der Waals surface area contributed by atoms with Crippen LogP contribution in [-0.2, 0) is 14.3 Å². The van der Waals surface area contributed by atoms with Crippen LogP contribution < -0.4 is 0 Å². The standard InChI is InChI=1S/C37H66O7/c1-3-4-5-6-7-8-9-10-11-12-13-14-15-19-22-33(39)34(40)24-25-35(41)36-26-23-32(44-36)21-18-16-17-20-31(38)28-30-27-29(2)43-37(30)42/h14-15,27,29,31-36,38-41H,3-13,16-26,28H2,1-2H3/b15-14-/t29-,31+,32-,33+,34-,35+,36-/m1/s1. The average Bonchev–Trinajstić information content (AvgIpc) is 3.60. The normalized spacial score (nSPS) is 23.2. The lowest BCUT2D eigenvalue weighted by Crippen LogP contribution is -2.31. The quantitative estimate of drug-likeness (QED) is 0.0423. The first-order valence-electron chi connectivity index (χ1n) is 18.2. The molecule has 0 amide bonds. The maximum Gasteiger partial charge on any atom is 0.334 e. The summed E-state index contributed by atoms with van der Waals surface area (Å²) < 4.78 is 11.2. The van der Waals surface area contributed by atoms with Gasteiger partial charge in [0.15, 0.2) is 0 Å². The predicted molar refractivity (Wildman–Crippen MR) is 177 cm³/mol. The van der Waals surface area contributed by atoms with Crippen LogP contribution in [0.4, 0.5) is 0 Å². The Morgan fingerprint density at radius 3 is 2.09 bits per heavy atom. The van der Waals surface area contributed by atoms with E-state index >= 15 is 0 Å². The Morgan fingerprint density at radius 1 is 0.773 bits per heavy atom. The van der Waals surface area contributed by atoms with Crippen molar-refractivity contribution in [2.45, 2.75) is 204 Å². The molecule has 7 atom stereocenters. The maximum atomic E-state index is 11.7. The molecule has 2 aliphatic heterocycles. The number of carbonyl (C=O) groups excluding carboxylic acids is 1. The number of allylic oxidation sites excluding steroid dienone is 2. The van der Waals surface area contributed by atoms with Crippen molar-refractivity contribution in [3.05, 3.63) is 23.8 Å². The molecule has 0 unspecified atom stereocenters. The van der Waals surface area contributed by atoms with Crippen molar-refractivity contribution in [3.63, 3.8) is 0 Å². The maximum absolute atomic E-state index is 11.7. The van der Waals surface area contributed by atoms with E-state index in [9.17, 15) is 25.2 Å². The van der Waals surface area contributed by atoms with Gasteiger partial charge in [0.25, 0.3) is 0 Å². The van der Waals surface area contributed by atoms with E-state index in [1.54, 1.807) is 6.08 Å². The molecule has 0 aromatic carbocycles. The summed E-state index contributed by atoms with van der Waals surface area (Å²) in [5.74, 6) is -0.310. The third kappa shape index (κ3) is 17.4. The van der Waals surface area contributed by atoms with E-state index in [4.69, 9.17) is 9.47 Å². The van der Waals surface area contributed by atoms with Gasteiger partial charge in [0.2, 0.25) is 0 Å². The Hall–Kier alpha value is -1.25. The highest BCUT2D eigenvalue weighted by Crippen LogP contribution is 2.28. The lowest BCUT2D eigenvalue weighted by atomic mass is 9.98. The number of carbonyl (C=O) groups is 1. The smallest absolute Gasteiger partial charge is 0.334 e. The largest absolute Gasteiger partial charge is 0.455 e. The minimum absolute atomic E-state index is 0.141. The molecule has 0 spiro atoms. The number of esters is 1. The fourth-order valence-electron chi connectivity index (χ4n) is 6.46. The second kappa shape index (κ2) is 24.0. The third-order valence-electron chi connectivity index (χ3n) is 9.30. The van der Waals surface area contributed by atoms with E-state index in [1.165, 1.54) is 64.2 Å². The predicted octanol–water partition coefficient (Wildman–Crippen LogP) is 7.62. The van der Waals surface area contributed by atoms with Crippen LogP contribution in [0.15, 0.2) is 23.8 Å². The second-order valence-corrected chi connectivity index (χ2v) is 13.5. The van der Waals surface area contributed by atoms with Gasteiger partial charge in [-0.3, -0.25) is 0 Å². The second-order valence-electron chi connectivity index (χ2n) is 13.5. The molecule has 2 heterocycles. The lowest BCUT2D eigenvalue weighted by Gasteiger charge is -2.22. The molecule has 4 N–H and O–H groups in total. The molecule has 1 saturated heterocycles. The van der Waals surface area contributed by atoms with Crippen LogP contribution in [0.25, 0.3) is 0 Å². The summed E-state index contributed by atoms with van der Waals surface area (Å²) in [5.41, 5.74) is 0.582. The number of unbranched alkanes of at least 4 members (excludes halogenated alkanes) is 12. The van der Waals surface area contributed by atoms with E-state index < -0.39 is 24.4 Å². The molecule has 7 nitrogen and oxygen atoms in total. The highest BCUT2D eigenvalue weighted by atomic mass is 16.5. The fraction of sp³-hybridized carbons (Fsp3) is 0.865. The van der Waals surface area contributed by atoms with Gasteiger partial charge >= 0.3 is 5.97 Å². The van der Waals surface area contributed by atoms with Crippen LogP contribution in [-0.4, -0.2) is 69.1 Å². The van der Waals surface area contributed by atoms with E-state index in [-0.39, 0.29) is 24.3 Å². The third-order valence-corrected chi connectivity index (χ3v) is 9.30. The molecule has 0 aromatic rings. The number of rotatable bonds is 27. The molecule has 2 aliphatic rings. The molecule has 0 saturated carbocycles.